The van der Waals surface area contributed by atoms with Crippen LogP contribution in [0.1, 0.15) is 5.69 Å². The maximum Gasteiger partial charge on any atom is 0.310 e. The third kappa shape index (κ3) is 4.37. The van der Waals surface area contributed by atoms with E-state index in [9.17, 15) is 14.9 Å². The molecule has 8 nitrogen and oxygen atoms in total. The molecule has 22 heavy (non-hydrogen) atoms. The molecule has 0 unspecified atom stereocenters. The second-order valence-corrected chi connectivity index (χ2v) is 4.06. The summed E-state index contributed by atoms with van der Waals surface area (Å²) in [5, 5.41) is 14.5. The number of amides is 1. The van der Waals surface area contributed by atoms with Gasteiger partial charge in [0.25, 0.3) is 5.91 Å². The summed E-state index contributed by atoms with van der Waals surface area (Å²) in [7, 11) is 0. The number of para-hydroxylation sites is 2. The van der Waals surface area contributed by atoms with Gasteiger partial charge in [-0.2, -0.15) is 5.10 Å². The number of aromatic nitrogens is 1. The van der Waals surface area contributed by atoms with Crippen molar-refractivity contribution >= 4 is 17.8 Å². The third-order valence-corrected chi connectivity index (χ3v) is 2.49. The van der Waals surface area contributed by atoms with Crippen molar-refractivity contribution in [1.82, 2.24) is 10.4 Å². The molecule has 1 N–H and O–H groups in total. The zero-order valence-corrected chi connectivity index (χ0v) is 11.4. The Kier molecular flexibility index (Phi) is 5.14. The fraction of sp³-hybridized carbons (Fsp3) is 0.0714. The van der Waals surface area contributed by atoms with Crippen molar-refractivity contribution in [3.8, 4) is 5.75 Å². The first kappa shape index (κ1) is 15.1. The number of nitrogens with one attached hydrogen (secondary N) is 1. The minimum absolute atomic E-state index is 0.0244. The van der Waals surface area contributed by atoms with Gasteiger partial charge in [0, 0.05) is 12.3 Å². The van der Waals surface area contributed by atoms with E-state index < -0.39 is 10.8 Å². The first-order valence-corrected chi connectivity index (χ1v) is 6.26. The maximum absolute atomic E-state index is 11.5. The number of carbonyl (C=O) groups is 1. The second-order valence-electron chi connectivity index (χ2n) is 4.06. The van der Waals surface area contributed by atoms with E-state index in [1.54, 1.807) is 30.5 Å². The van der Waals surface area contributed by atoms with Gasteiger partial charge in [-0.3, -0.25) is 19.9 Å². The zero-order valence-electron chi connectivity index (χ0n) is 11.4. The fourth-order valence-electron chi connectivity index (χ4n) is 1.53. The van der Waals surface area contributed by atoms with Crippen molar-refractivity contribution in [3.63, 3.8) is 0 Å². The smallest absolute Gasteiger partial charge is 0.310 e. The van der Waals surface area contributed by atoms with Crippen LogP contribution in [0.4, 0.5) is 5.69 Å². The van der Waals surface area contributed by atoms with Gasteiger partial charge in [0.1, 0.15) is 0 Å². The predicted molar refractivity (Wildman–Crippen MR) is 78.6 cm³/mol. The van der Waals surface area contributed by atoms with Crippen LogP contribution in [0.25, 0.3) is 0 Å². The number of nitro groups is 1. The maximum atomic E-state index is 11.5. The van der Waals surface area contributed by atoms with E-state index in [-0.39, 0.29) is 18.0 Å². The van der Waals surface area contributed by atoms with Crippen LogP contribution in [0.2, 0.25) is 0 Å². The van der Waals surface area contributed by atoms with Gasteiger partial charge in [-0.05, 0) is 18.2 Å². The van der Waals surface area contributed by atoms with Crippen molar-refractivity contribution in [2.45, 2.75) is 0 Å². The van der Waals surface area contributed by atoms with Crippen LogP contribution in [0.5, 0.6) is 5.75 Å². The molecule has 1 aromatic carbocycles. The first-order valence-electron chi connectivity index (χ1n) is 6.26. The SMILES string of the molecule is O=C(COc1ccccc1[N+](=O)[O-])N/N=C\c1ccccn1. The highest BCUT2D eigenvalue weighted by Crippen LogP contribution is 2.25. The number of hydrogen-bond acceptors (Lipinski definition) is 6. The molecule has 0 spiro atoms. The largest absolute Gasteiger partial charge is 0.477 e. The summed E-state index contributed by atoms with van der Waals surface area (Å²) in [6, 6.07) is 11.1. The lowest BCUT2D eigenvalue weighted by Gasteiger charge is -2.05. The molecule has 0 saturated carbocycles. The van der Waals surface area contributed by atoms with Crippen LogP contribution >= 0.6 is 0 Å². The van der Waals surface area contributed by atoms with Gasteiger partial charge in [-0.25, -0.2) is 5.43 Å². The third-order valence-electron chi connectivity index (χ3n) is 2.49. The molecule has 1 heterocycles. The van der Waals surface area contributed by atoms with Crippen molar-refractivity contribution in [2.75, 3.05) is 6.61 Å². The lowest BCUT2D eigenvalue weighted by Crippen LogP contribution is -2.24. The summed E-state index contributed by atoms with van der Waals surface area (Å²) < 4.78 is 5.12. The zero-order chi connectivity index (χ0) is 15.8. The van der Waals surface area contributed by atoms with E-state index in [0.29, 0.717) is 5.69 Å². The molecular weight excluding hydrogens is 288 g/mol. The number of rotatable bonds is 6. The lowest BCUT2D eigenvalue weighted by atomic mass is 10.3. The predicted octanol–water partition coefficient (Wildman–Crippen LogP) is 1.52. The number of pyridine rings is 1. The van der Waals surface area contributed by atoms with Crippen LogP contribution in [0.15, 0.2) is 53.8 Å². The molecule has 0 fully saturated rings. The van der Waals surface area contributed by atoms with Gasteiger partial charge >= 0.3 is 5.69 Å². The molecule has 0 aliphatic rings. The number of hydrazone groups is 1. The van der Waals surface area contributed by atoms with Crippen LogP contribution in [0, 0.1) is 10.1 Å². The lowest BCUT2D eigenvalue weighted by molar-refractivity contribution is -0.385. The molecule has 0 aliphatic carbocycles. The first-order chi connectivity index (χ1) is 10.7. The highest BCUT2D eigenvalue weighted by molar-refractivity contribution is 5.81. The van der Waals surface area contributed by atoms with Crippen LogP contribution in [-0.2, 0) is 4.79 Å². The van der Waals surface area contributed by atoms with Crippen LogP contribution in [0.3, 0.4) is 0 Å². The Labute approximate surface area is 125 Å². The topological polar surface area (TPSA) is 107 Å². The van der Waals surface area contributed by atoms with Gasteiger partial charge in [0.15, 0.2) is 12.4 Å². The molecule has 0 saturated heterocycles. The van der Waals surface area contributed by atoms with Crippen molar-refractivity contribution in [1.29, 1.82) is 0 Å². The number of nitrogens with zero attached hydrogens (tertiary/aromatic N) is 3. The van der Waals surface area contributed by atoms with E-state index >= 15 is 0 Å². The number of hydrogen-bond donors (Lipinski definition) is 1. The average molecular weight is 300 g/mol. The summed E-state index contributed by atoms with van der Waals surface area (Å²) in [5.41, 5.74) is 2.63. The quantitative estimate of drug-likeness (QED) is 0.494. The van der Waals surface area contributed by atoms with Gasteiger partial charge in [-0.1, -0.05) is 18.2 Å². The summed E-state index contributed by atoms with van der Waals surface area (Å²) in [5.74, 6) is -0.512. The van der Waals surface area contributed by atoms with Crippen molar-refractivity contribution in [3.05, 3.63) is 64.5 Å². The highest BCUT2D eigenvalue weighted by atomic mass is 16.6. The van der Waals surface area contributed by atoms with Crippen LogP contribution < -0.4 is 10.2 Å². The molecule has 0 atom stereocenters. The summed E-state index contributed by atoms with van der Waals surface area (Å²) in [6.45, 7) is -0.385. The Morgan fingerprint density at radius 2 is 2.09 bits per heavy atom. The molecule has 0 bridgehead atoms. The van der Waals surface area contributed by atoms with Gasteiger partial charge in [0.05, 0.1) is 16.8 Å². The number of carbonyl (C=O) groups excluding carboxylic acids is 1. The van der Waals surface area contributed by atoms with Gasteiger partial charge < -0.3 is 4.74 Å². The molecule has 1 amide bonds. The molecular formula is C14H12N4O4. The van der Waals surface area contributed by atoms with Crippen molar-refractivity contribution < 1.29 is 14.5 Å². The monoisotopic (exact) mass is 300 g/mol. The summed E-state index contributed by atoms with van der Waals surface area (Å²) in [6.07, 6.45) is 2.98. The minimum Gasteiger partial charge on any atom is -0.477 e. The standard InChI is InChI=1S/C14H12N4O4/c19-14(17-16-9-11-5-3-4-8-15-11)10-22-13-7-2-1-6-12(13)18(20)21/h1-9H,10H2,(H,17,19)/b16-9-. The van der Waals surface area contributed by atoms with Crippen molar-refractivity contribution in [2.24, 2.45) is 5.10 Å². The van der Waals surface area contributed by atoms with Gasteiger partial charge in [-0.15, -0.1) is 0 Å². The van der Waals surface area contributed by atoms with E-state index in [0.717, 1.165) is 0 Å². The fourth-order valence-corrected chi connectivity index (χ4v) is 1.53. The Morgan fingerprint density at radius 1 is 1.32 bits per heavy atom. The Bertz CT molecular complexity index is 688. The molecule has 8 heteroatoms. The Balaban J connectivity index is 1.86. The normalized spacial score (nSPS) is 10.4. The number of nitro benzene ring substituents is 1. The van der Waals surface area contributed by atoms with E-state index in [4.69, 9.17) is 4.74 Å². The van der Waals surface area contributed by atoms with E-state index in [2.05, 4.69) is 15.5 Å². The average Bonchev–Trinajstić information content (AvgIpc) is 2.54. The van der Waals surface area contributed by atoms with Crippen LogP contribution in [-0.4, -0.2) is 28.6 Å². The molecule has 0 radical (unpaired) electrons. The highest BCUT2D eigenvalue weighted by Gasteiger charge is 2.14. The molecule has 112 valence electrons. The molecule has 1 aromatic heterocycles. The van der Waals surface area contributed by atoms with E-state index in [1.807, 2.05) is 0 Å². The Hall–Kier alpha value is -3.29. The summed E-state index contributed by atoms with van der Waals surface area (Å²) in [4.78, 5) is 25.8. The minimum atomic E-state index is -0.577. The second kappa shape index (κ2) is 7.48. The number of benzene rings is 1. The Morgan fingerprint density at radius 3 is 2.82 bits per heavy atom. The molecule has 0 aliphatic heterocycles. The summed E-state index contributed by atoms with van der Waals surface area (Å²) >= 11 is 0. The van der Waals surface area contributed by atoms with Gasteiger partial charge in [0.2, 0.25) is 0 Å². The molecule has 2 aromatic rings. The molecule has 2 rings (SSSR count). The van der Waals surface area contributed by atoms with E-state index in [1.165, 1.54) is 24.4 Å². The number of ether oxygens (including phenoxy) is 1.